The molecule has 2 rings (SSSR count). The zero-order valence-corrected chi connectivity index (χ0v) is 18.3. The van der Waals surface area contributed by atoms with E-state index in [2.05, 4.69) is 58.6 Å². The van der Waals surface area contributed by atoms with Crippen molar-refractivity contribution in [3.8, 4) is 0 Å². The van der Waals surface area contributed by atoms with Crippen molar-refractivity contribution in [1.29, 1.82) is 0 Å². The lowest BCUT2D eigenvalue weighted by Crippen LogP contribution is -2.46. The van der Waals surface area contributed by atoms with Crippen molar-refractivity contribution in [2.24, 2.45) is 4.99 Å². The van der Waals surface area contributed by atoms with E-state index in [1.807, 2.05) is 0 Å². The molecule has 1 aromatic rings. The quantitative estimate of drug-likeness (QED) is 0.369. The second kappa shape index (κ2) is 10.2. The topological polar surface area (TPSA) is 73.8 Å². The summed E-state index contributed by atoms with van der Waals surface area (Å²) >= 11 is 0. The second-order valence-electron chi connectivity index (χ2n) is 6.16. The minimum Gasteiger partial charge on any atom is -0.370 e. The van der Waals surface area contributed by atoms with Crippen LogP contribution in [0.25, 0.3) is 0 Å². The molecule has 0 aliphatic carbocycles. The molecule has 1 saturated heterocycles. The molecule has 1 aliphatic heterocycles. The Kier molecular flexibility index (Phi) is 8.98. The largest absolute Gasteiger partial charge is 0.370 e. The van der Waals surface area contributed by atoms with Crippen molar-refractivity contribution in [1.82, 2.24) is 10.6 Å². The van der Waals surface area contributed by atoms with Gasteiger partial charge < -0.3 is 15.5 Å². The second-order valence-corrected chi connectivity index (χ2v) is 8.39. The highest BCUT2D eigenvalue weighted by atomic mass is 127. The molecule has 0 bridgehead atoms. The number of nitrogens with one attached hydrogen (secondary N) is 2. The van der Waals surface area contributed by atoms with Crippen LogP contribution in [-0.2, 0) is 9.84 Å². The summed E-state index contributed by atoms with van der Waals surface area (Å²) in [6, 6.07) is 8.42. The number of aryl methyl sites for hydroxylation is 1. The zero-order chi connectivity index (χ0) is 17.6. The third-order valence-corrected chi connectivity index (χ3v) is 5.99. The van der Waals surface area contributed by atoms with Crippen molar-refractivity contribution < 1.29 is 8.42 Å². The Bertz CT molecular complexity index is 679. The molecule has 6 nitrogen and oxygen atoms in total. The van der Waals surface area contributed by atoms with Crippen LogP contribution >= 0.6 is 24.0 Å². The molecule has 8 heteroatoms. The van der Waals surface area contributed by atoms with Crippen LogP contribution in [0.1, 0.15) is 18.9 Å². The summed E-state index contributed by atoms with van der Waals surface area (Å²) in [6.07, 6.45) is 0.646. The molecule has 1 fully saturated rings. The fourth-order valence-corrected chi connectivity index (χ4v) is 4.57. The average molecular weight is 480 g/mol. The van der Waals surface area contributed by atoms with Crippen LogP contribution < -0.4 is 15.5 Å². The Morgan fingerprint density at radius 1 is 1.40 bits per heavy atom. The first-order chi connectivity index (χ1) is 11.4. The molecule has 0 radical (unpaired) electrons. The summed E-state index contributed by atoms with van der Waals surface area (Å²) < 4.78 is 23.1. The smallest absolute Gasteiger partial charge is 0.191 e. The molecule has 1 unspecified atom stereocenters. The van der Waals surface area contributed by atoms with Crippen LogP contribution in [-0.4, -0.2) is 58.6 Å². The number of hydrogen-bond acceptors (Lipinski definition) is 4. The van der Waals surface area contributed by atoms with E-state index in [0.717, 1.165) is 19.6 Å². The predicted octanol–water partition coefficient (Wildman–Crippen LogP) is 1.79. The normalized spacial score (nSPS) is 19.2. The van der Waals surface area contributed by atoms with E-state index in [1.54, 1.807) is 7.05 Å². The number of aliphatic imine (C=N–C) groups is 1. The molecule has 1 aromatic carbocycles. The number of rotatable bonds is 6. The van der Waals surface area contributed by atoms with Gasteiger partial charge in [-0.3, -0.25) is 4.99 Å². The summed E-state index contributed by atoms with van der Waals surface area (Å²) in [7, 11) is -1.18. The maximum Gasteiger partial charge on any atom is 0.191 e. The van der Waals surface area contributed by atoms with Gasteiger partial charge in [-0.25, -0.2) is 8.42 Å². The van der Waals surface area contributed by atoms with Gasteiger partial charge in [-0.2, -0.15) is 0 Å². The Hall–Kier alpha value is -1.03. The lowest BCUT2D eigenvalue weighted by Gasteiger charge is -2.24. The predicted molar refractivity (Wildman–Crippen MR) is 116 cm³/mol. The van der Waals surface area contributed by atoms with E-state index in [-0.39, 0.29) is 41.5 Å². The van der Waals surface area contributed by atoms with E-state index < -0.39 is 9.84 Å². The molecule has 1 heterocycles. The number of hydrogen-bond donors (Lipinski definition) is 2. The molecule has 0 spiro atoms. The van der Waals surface area contributed by atoms with Gasteiger partial charge in [0.1, 0.15) is 0 Å². The molecule has 1 atom stereocenters. The van der Waals surface area contributed by atoms with E-state index >= 15 is 0 Å². The first kappa shape index (κ1) is 22.0. The van der Waals surface area contributed by atoms with Crippen LogP contribution in [0.15, 0.2) is 29.3 Å². The lowest BCUT2D eigenvalue weighted by molar-refractivity contribution is 0.599. The minimum atomic E-state index is -2.88. The Labute approximate surface area is 168 Å². The SMILES string of the molecule is CCN(CCNC(=NC)NC1CCS(=O)(=O)C1)c1cccc(C)c1.I. The Morgan fingerprint density at radius 2 is 2.16 bits per heavy atom. The van der Waals surface area contributed by atoms with Crippen molar-refractivity contribution >= 4 is 45.5 Å². The van der Waals surface area contributed by atoms with Crippen LogP contribution in [0.5, 0.6) is 0 Å². The Balaban J connectivity index is 0.00000312. The lowest BCUT2D eigenvalue weighted by atomic mass is 10.2. The first-order valence-corrected chi connectivity index (χ1v) is 10.2. The van der Waals surface area contributed by atoms with E-state index in [0.29, 0.717) is 12.4 Å². The first-order valence-electron chi connectivity index (χ1n) is 8.42. The average Bonchev–Trinajstić information content (AvgIpc) is 2.89. The van der Waals surface area contributed by atoms with Gasteiger partial charge in [0.2, 0.25) is 0 Å². The maximum absolute atomic E-state index is 11.5. The molecule has 0 amide bonds. The van der Waals surface area contributed by atoms with Gasteiger partial charge in [0.15, 0.2) is 15.8 Å². The van der Waals surface area contributed by atoms with Gasteiger partial charge in [-0.05, 0) is 38.0 Å². The third kappa shape index (κ3) is 7.01. The van der Waals surface area contributed by atoms with Gasteiger partial charge in [0.05, 0.1) is 11.5 Å². The van der Waals surface area contributed by atoms with E-state index in [9.17, 15) is 8.42 Å². The number of halogens is 1. The van der Waals surface area contributed by atoms with Crippen LogP contribution in [0.2, 0.25) is 0 Å². The minimum absolute atomic E-state index is 0. The monoisotopic (exact) mass is 480 g/mol. The highest BCUT2D eigenvalue weighted by molar-refractivity contribution is 14.0. The molecule has 0 saturated carbocycles. The summed E-state index contributed by atoms with van der Waals surface area (Å²) in [6.45, 7) is 6.75. The summed E-state index contributed by atoms with van der Waals surface area (Å²) in [4.78, 5) is 6.49. The molecule has 2 N–H and O–H groups in total. The number of benzene rings is 1. The molecular weight excluding hydrogens is 451 g/mol. The zero-order valence-electron chi connectivity index (χ0n) is 15.2. The highest BCUT2D eigenvalue weighted by Crippen LogP contribution is 2.15. The molecule has 142 valence electrons. The van der Waals surface area contributed by atoms with Crippen molar-refractivity contribution in [3.05, 3.63) is 29.8 Å². The van der Waals surface area contributed by atoms with Gasteiger partial charge in [-0.15, -0.1) is 24.0 Å². The van der Waals surface area contributed by atoms with Crippen LogP contribution in [0, 0.1) is 6.92 Å². The number of sulfone groups is 1. The fourth-order valence-electron chi connectivity index (χ4n) is 2.90. The standard InChI is InChI=1S/C17H28N4O2S.HI/c1-4-21(16-7-5-6-14(2)12-16)10-9-19-17(18-3)20-15-8-11-24(22,23)13-15;/h5-7,12,15H,4,8-11,13H2,1-3H3,(H2,18,19,20);1H. The number of likely N-dealkylation sites (N-methyl/N-ethyl adjacent to an activating group) is 1. The fraction of sp³-hybridized carbons (Fsp3) is 0.588. The molecule has 0 aromatic heterocycles. The van der Waals surface area contributed by atoms with Gasteiger partial charge in [-0.1, -0.05) is 12.1 Å². The van der Waals surface area contributed by atoms with Gasteiger partial charge >= 0.3 is 0 Å². The molecule has 1 aliphatic rings. The van der Waals surface area contributed by atoms with Gasteiger partial charge in [0, 0.05) is 38.4 Å². The van der Waals surface area contributed by atoms with Crippen molar-refractivity contribution in [3.63, 3.8) is 0 Å². The summed E-state index contributed by atoms with van der Waals surface area (Å²) in [5.41, 5.74) is 2.46. The van der Waals surface area contributed by atoms with Crippen molar-refractivity contribution in [2.45, 2.75) is 26.3 Å². The molecule has 25 heavy (non-hydrogen) atoms. The third-order valence-electron chi connectivity index (χ3n) is 4.22. The summed E-state index contributed by atoms with van der Waals surface area (Å²) in [5, 5.41) is 6.48. The number of guanidine groups is 1. The highest BCUT2D eigenvalue weighted by Gasteiger charge is 2.28. The number of anilines is 1. The maximum atomic E-state index is 11.5. The summed E-state index contributed by atoms with van der Waals surface area (Å²) in [5.74, 6) is 1.12. The van der Waals surface area contributed by atoms with E-state index in [1.165, 1.54) is 11.3 Å². The van der Waals surface area contributed by atoms with Gasteiger partial charge in [0.25, 0.3) is 0 Å². The van der Waals surface area contributed by atoms with Crippen LogP contribution in [0.4, 0.5) is 5.69 Å². The van der Waals surface area contributed by atoms with E-state index in [4.69, 9.17) is 0 Å². The van der Waals surface area contributed by atoms with Crippen molar-refractivity contribution in [2.75, 3.05) is 43.1 Å². The number of nitrogens with zero attached hydrogens (tertiary/aromatic N) is 2. The van der Waals surface area contributed by atoms with Crippen LogP contribution in [0.3, 0.4) is 0 Å². The Morgan fingerprint density at radius 3 is 2.72 bits per heavy atom. The molecular formula is C17H29IN4O2S.